The number of nitrogens with one attached hydrogen (secondary N) is 1. The summed E-state index contributed by atoms with van der Waals surface area (Å²) in [5.74, 6) is 0.628. The van der Waals surface area contributed by atoms with Crippen LogP contribution in [0.2, 0.25) is 0 Å². The van der Waals surface area contributed by atoms with E-state index >= 15 is 0 Å². The van der Waals surface area contributed by atoms with Crippen LogP contribution in [-0.4, -0.2) is 11.9 Å². The summed E-state index contributed by atoms with van der Waals surface area (Å²) in [5, 5.41) is 2.93. The summed E-state index contributed by atoms with van der Waals surface area (Å²) >= 11 is 0. The molecule has 0 radical (unpaired) electrons. The number of hydrogen-bond donors (Lipinski definition) is 1. The molecule has 1 aromatic rings. The van der Waals surface area contributed by atoms with Crippen molar-refractivity contribution >= 4 is 5.91 Å². The zero-order chi connectivity index (χ0) is 10.6. The number of amides is 1. The van der Waals surface area contributed by atoms with Gasteiger partial charge in [0.1, 0.15) is 5.76 Å². The highest BCUT2D eigenvalue weighted by atomic mass is 16.3. The molecule has 1 heterocycles. The van der Waals surface area contributed by atoms with Crippen molar-refractivity contribution in [2.24, 2.45) is 0 Å². The Kier molecular flexibility index (Phi) is 3.74. The molecule has 0 spiro atoms. The van der Waals surface area contributed by atoms with Crippen LogP contribution in [0, 0.1) is 6.92 Å². The monoisotopic (exact) mass is 195 g/mol. The maximum absolute atomic E-state index is 11.6. The third-order valence-corrected chi connectivity index (χ3v) is 2.20. The Morgan fingerprint density at radius 1 is 1.64 bits per heavy atom. The van der Waals surface area contributed by atoms with Gasteiger partial charge in [-0.3, -0.25) is 4.79 Å². The van der Waals surface area contributed by atoms with E-state index in [1.165, 1.54) is 6.26 Å². The van der Waals surface area contributed by atoms with E-state index in [9.17, 15) is 4.79 Å². The van der Waals surface area contributed by atoms with Crippen LogP contribution >= 0.6 is 0 Å². The molecule has 1 N–H and O–H groups in total. The highest BCUT2D eigenvalue weighted by Crippen LogP contribution is 2.09. The van der Waals surface area contributed by atoms with Gasteiger partial charge in [0.25, 0.3) is 5.91 Å². The van der Waals surface area contributed by atoms with E-state index in [0.29, 0.717) is 11.3 Å². The number of rotatable bonds is 4. The fourth-order valence-corrected chi connectivity index (χ4v) is 1.43. The summed E-state index contributed by atoms with van der Waals surface area (Å²) < 4.78 is 5.07. The first-order valence-corrected chi connectivity index (χ1v) is 5.00. The summed E-state index contributed by atoms with van der Waals surface area (Å²) in [6, 6.07) is 1.92. The molecule has 0 saturated heterocycles. The van der Waals surface area contributed by atoms with Gasteiger partial charge in [-0.05, 0) is 26.3 Å². The molecule has 0 aromatic carbocycles. The first-order chi connectivity index (χ1) is 6.65. The molecule has 1 aromatic heterocycles. The molecule has 0 aliphatic carbocycles. The van der Waals surface area contributed by atoms with Crippen LogP contribution in [0.15, 0.2) is 16.7 Å². The highest BCUT2D eigenvalue weighted by molar-refractivity contribution is 5.95. The van der Waals surface area contributed by atoms with Gasteiger partial charge in [0.15, 0.2) is 0 Å². The molecule has 14 heavy (non-hydrogen) atoms. The quantitative estimate of drug-likeness (QED) is 0.802. The molecule has 1 rings (SSSR count). The first kappa shape index (κ1) is 10.8. The van der Waals surface area contributed by atoms with E-state index in [1.54, 1.807) is 13.0 Å². The van der Waals surface area contributed by atoms with Crippen molar-refractivity contribution in [3.63, 3.8) is 0 Å². The molecular formula is C11H17NO2. The Morgan fingerprint density at radius 3 is 2.86 bits per heavy atom. The zero-order valence-corrected chi connectivity index (χ0v) is 8.96. The molecule has 0 fully saturated rings. The van der Waals surface area contributed by atoms with Crippen molar-refractivity contribution in [2.75, 3.05) is 0 Å². The number of hydrogen-bond acceptors (Lipinski definition) is 2. The average molecular weight is 195 g/mol. The second kappa shape index (κ2) is 4.84. The maximum atomic E-state index is 11.6. The van der Waals surface area contributed by atoms with E-state index in [1.807, 2.05) is 6.92 Å². The number of carbonyl (C=O) groups excluding carboxylic acids is 1. The summed E-state index contributed by atoms with van der Waals surface area (Å²) in [5.41, 5.74) is 0.632. The fourth-order valence-electron chi connectivity index (χ4n) is 1.43. The number of carbonyl (C=O) groups is 1. The van der Waals surface area contributed by atoms with Gasteiger partial charge >= 0.3 is 0 Å². The van der Waals surface area contributed by atoms with Gasteiger partial charge in [0, 0.05) is 6.04 Å². The van der Waals surface area contributed by atoms with Gasteiger partial charge in [-0.1, -0.05) is 13.3 Å². The summed E-state index contributed by atoms with van der Waals surface area (Å²) in [4.78, 5) is 11.6. The molecule has 3 heteroatoms. The van der Waals surface area contributed by atoms with Crippen LogP contribution in [0.1, 0.15) is 42.8 Å². The largest absolute Gasteiger partial charge is 0.469 e. The minimum atomic E-state index is -0.0443. The van der Waals surface area contributed by atoms with Crippen molar-refractivity contribution < 1.29 is 9.21 Å². The summed E-state index contributed by atoms with van der Waals surface area (Å²) in [6.07, 6.45) is 3.61. The lowest BCUT2D eigenvalue weighted by molar-refractivity contribution is 0.0937. The van der Waals surface area contributed by atoms with Gasteiger partial charge in [0.2, 0.25) is 0 Å². The first-order valence-electron chi connectivity index (χ1n) is 5.00. The van der Waals surface area contributed by atoms with Gasteiger partial charge in [-0.25, -0.2) is 0 Å². The molecule has 3 nitrogen and oxygen atoms in total. The second-order valence-electron chi connectivity index (χ2n) is 3.55. The predicted octanol–water partition coefficient (Wildman–Crippen LogP) is 2.51. The van der Waals surface area contributed by atoms with Crippen molar-refractivity contribution in [1.82, 2.24) is 5.32 Å². The molecule has 0 aliphatic rings. The number of aryl methyl sites for hydroxylation is 1. The smallest absolute Gasteiger partial charge is 0.255 e. The normalized spacial score (nSPS) is 12.5. The van der Waals surface area contributed by atoms with Gasteiger partial charge in [-0.15, -0.1) is 0 Å². The van der Waals surface area contributed by atoms with Crippen molar-refractivity contribution in [3.8, 4) is 0 Å². The Morgan fingerprint density at radius 2 is 2.36 bits per heavy atom. The summed E-state index contributed by atoms with van der Waals surface area (Å²) in [6.45, 7) is 5.90. The Hall–Kier alpha value is -1.25. The third-order valence-electron chi connectivity index (χ3n) is 2.20. The standard InChI is InChI=1S/C11H17NO2/c1-4-5-8(2)12-11(13)10-6-7-14-9(10)3/h6-8H,4-5H2,1-3H3,(H,12,13). The van der Waals surface area contributed by atoms with Crippen LogP contribution in [0.5, 0.6) is 0 Å². The van der Waals surface area contributed by atoms with Crippen molar-refractivity contribution in [2.45, 2.75) is 39.7 Å². The van der Waals surface area contributed by atoms with Gasteiger partial charge in [0.05, 0.1) is 11.8 Å². The van der Waals surface area contributed by atoms with Gasteiger partial charge in [-0.2, -0.15) is 0 Å². The maximum Gasteiger partial charge on any atom is 0.255 e. The highest BCUT2D eigenvalue weighted by Gasteiger charge is 2.12. The molecule has 1 unspecified atom stereocenters. The van der Waals surface area contributed by atoms with E-state index < -0.39 is 0 Å². The molecule has 1 amide bonds. The van der Waals surface area contributed by atoms with Crippen LogP contribution in [0.4, 0.5) is 0 Å². The summed E-state index contributed by atoms with van der Waals surface area (Å²) in [7, 11) is 0. The van der Waals surface area contributed by atoms with Crippen LogP contribution < -0.4 is 5.32 Å². The van der Waals surface area contributed by atoms with Crippen LogP contribution in [-0.2, 0) is 0 Å². The lowest BCUT2D eigenvalue weighted by Crippen LogP contribution is -2.32. The van der Waals surface area contributed by atoms with Crippen molar-refractivity contribution in [3.05, 3.63) is 23.7 Å². The Labute approximate surface area is 84.5 Å². The van der Waals surface area contributed by atoms with E-state index in [4.69, 9.17) is 4.42 Å². The molecule has 0 aliphatic heterocycles. The Balaban J connectivity index is 2.55. The number of furan rings is 1. The lowest BCUT2D eigenvalue weighted by atomic mass is 10.1. The van der Waals surface area contributed by atoms with E-state index in [-0.39, 0.29) is 11.9 Å². The molecule has 78 valence electrons. The second-order valence-corrected chi connectivity index (χ2v) is 3.55. The Bertz CT molecular complexity index is 304. The fraction of sp³-hybridized carbons (Fsp3) is 0.545. The van der Waals surface area contributed by atoms with Gasteiger partial charge < -0.3 is 9.73 Å². The SMILES string of the molecule is CCCC(C)NC(=O)c1ccoc1C. The zero-order valence-electron chi connectivity index (χ0n) is 8.96. The predicted molar refractivity (Wildman–Crippen MR) is 55.3 cm³/mol. The van der Waals surface area contributed by atoms with Crippen LogP contribution in [0.3, 0.4) is 0 Å². The van der Waals surface area contributed by atoms with Crippen LogP contribution in [0.25, 0.3) is 0 Å². The van der Waals surface area contributed by atoms with Crippen molar-refractivity contribution in [1.29, 1.82) is 0 Å². The minimum absolute atomic E-state index is 0.0443. The molecule has 0 saturated carbocycles. The topological polar surface area (TPSA) is 42.2 Å². The molecular weight excluding hydrogens is 178 g/mol. The molecule has 1 atom stereocenters. The van der Waals surface area contributed by atoms with E-state index in [0.717, 1.165) is 12.8 Å². The third kappa shape index (κ3) is 2.62. The average Bonchev–Trinajstić information content (AvgIpc) is 2.51. The van der Waals surface area contributed by atoms with E-state index in [2.05, 4.69) is 12.2 Å². The molecule has 0 bridgehead atoms. The lowest BCUT2D eigenvalue weighted by Gasteiger charge is -2.11. The minimum Gasteiger partial charge on any atom is -0.469 e.